The van der Waals surface area contributed by atoms with Crippen molar-refractivity contribution in [3.63, 3.8) is 0 Å². The molecule has 3 aromatic heterocycles. The number of nitrogens with zero attached hydrogens (tertiary/aromatic N) is 4. The molecule has 0 unspecified atom stereocenters. The van der Waals surface area contributed by atoms with Gasteiger partial charge in [0.1, 0.15) is 17.1 Å². The van der Waals surface area contributed by atoms with Crippen molar-refractivity contribution in [1.29, 1.82) is 0 Å². The fourth-order valence-electron chi connectivity index (χ4n) is 3.92. The Morgan fingerprint density at radius 2 is 2.10 bits per heavy atom. The normalized spacial score (nSPS) is 15.9. The molecular weight excluding hydrogens is 424 g/mol. The van der Waals surface area contributed by atoms with Gasteiger partial charge in [-0.3, -0.25) is 19.3 Å². The van der Waals surface area contributed by atoms with Crippen molar-refractivity contribution >= 4 is 54.9 Å². The van der Waals surface area contributed by atoms with Gasteiger partial charge in [0.05, 0.1) is 32.7 Å². The van der Waals surface area contributed by atoms with Gasteiger partial charge < -0.3 is 14.7 Å². The molecule has 0 amide bonds. The Labute approximate surface area is 178 Å². The average molecular weight is 440 g/mol. The van der Waals surface area contributed by atoms with Gasteiger partial charge in [-0.1, -0.05) is 12.1 Å². The summed E-state index contributed by atoms with van der Waals surface area (Å²) in [5, 5.41) is 21.5. The average Bonchev–Trinajstić information content (AvgIpc) is 3.26. The summed E-state index contributed by atoms with van der Waals surface area (Å²) in [6, 6.07) is 8.34. The van der Waals surface area contributed by atoms with E-state index in [-0.39, 0.29) is 34.1 Å². The molecule has 1 fully saturated rings. The maximum atomic E-state index is 13.1. The predicted molar refractivity (Wildman–Crippen MR) is 115 cm³/mol. The molecule has 31 heavy (non-hydrogen) atoms. The number of anilines is 1. The van der Waals surface area contributed by atoms with Crippen LogP contribution in [0.2, 0.25) is 0 Å². The molecule has 1 aliphatic heterocycles. The zero-order valence-electron chi connectivity index (χ0n) is 16.5. The molecule has 1 aromatic carbocycles. The summed E-state index contributed by atoms with van der Waals surface area (Å²) in [7, 11) is 0. The van der Waals surface area contributed by atoms with Crippen LogP contribution in [0.5, 0.6) is 0 Å². The van der Waals surface area contributed by atoms with Gasteiger partial charge in [-0.25, -0.2) is 9.78 Å². The zero-order valence-corrected chi connectivity index (χ0v) is 17.3. The molecule has 158 valence electrons. The number of para-hydroxylation sites is 1. The number of benzene rings is 1. The van der Waals surface area contributed by atoms with Crippen LogP contribution in [0.15, 0.2) is 35.1 Å². The van der Waals surface area contributed by atoms with Gasteiger partial charge in [-0.15, -0.1) is 11.3 Å². The van der Waals surface area contributed by atoms with Crippen LogP contribution < -0.4 is 10.3 Å². The number of fused-ring (bicyclic) bond motifs is 5. The van der Waals surface area contributed by atoms with Crippen LogP contribution in [0, 0.1) is 10.1 Å². The molecule has 1 N–H and O–H groups in total. The van der Waals surface area contributed by atoms with Crippen molar-refractivity contribution in [2.75, 3.05) is 18.2 Å². The van der Waals surface area contributed by atoms with Crippen LogP contribution in [-0.2, 0) is 4.74 Å². The third-order valence-corrected chi connectivity index (χ3v) is 6.59. The van der Waals surface area contributed by atoms with Gasteiger partial charge >= 0.3 is 11.7 Å². The van der Waals surface area contributed by atoms with Gasteiger partial charge in [0, 0.05) is 6.07 Å². The fourth-order valence-corrected chi connectivity index (χ4v) is 5.10. The largest absolute Gasteiger partial charge is 0.477 e. The lowest BCUT2D eigenvalue weighted by atomic mass is 10.1. The van der Waals surface area contributed by atoms with Gasteiger partial charge in [-0.2, -0.15) is 0 Å². The maximum Gasteiger partial charge on any atom is 0.342 e. The number of thiazole rings is 1. The van der Waals surface area contributed by atoms with Gasteiger partial charge in [0.2, 0.25) is 11.2 Å². The number of carbonyl (C=O) groups is 1. The van der Waals surface area contributed by atoms with Crippen LogP contribution in [0.3, 0.4) is 0 Å². The van der Waals surface area contributed by atoms with Crippen LogP contribution in [-0.4, -0.2) is 44.3 Å². The highest BCUT2D eigenvalue weighted by molar-refractivity contribution is 7.24. The molecule has 11 heteroatoms. The van der Waals surface area contributed by atoms with E-state index >= 15 is 0 Å². The van der Waals surface area contributed by atoms with Crippen LogP contribution >= 0.6 is 11.3 Å². The van der Waals surface area contributed by atoms with E-state index in [1.54, 1.807) is 21.4 Å². The van der Waals surface area contributed by atoms with Crippen molar-refractivity contribution in [2.24, 2.45) is 0 Å². The highest BCUT2D eigenvalue weighted by Gasteiger charge is 2.38. The summed E-state index contributed by atoms with van der Waals surface area (Å²) < 4.78 is 7.87. The molecule has 10 nitrogen and oxygen atoms in total. The van der Waals surface area contributed by atoms with Crippen molar-refractivity contribution in [2.45, 2.75) is 19.4 Å². The Morgan fingerprint density at radius 3 is 2.74 bits per heavy atom. The lowest BCUT2D eigenvalue weighted by Gasteiger charge is -2.29. The molecule has 5 rings (SSSR count). The van der Waals surface area contributed by atoms with Crippen LogP contribution in [0.25, 0.3) is 26.1 Å². The fraction of sp³-hybridized carbons (Fsp3) is 0.250. The number of hydrogen-bond acceptors (Lipinski definition) is 8. The molecule has 0 spiro atoms. The Bertz CT molecular complexity index is 1490. The summed E-state index contributed by atoms with van der Waals surface area (Å²) in [6.07, 6.45) is 0. The molecule has 0 bridgehead atoms. The molecule has 0 atom stereocenters. The number of aromatic nitrogens is 2. The number of carboxylic acids is 1. The van der Waals surface area contributed by atoms with Gasteiger partial charge in [0.15, 0.2) is 5.65 Å². The van der Waals surface area contributed by atoms with Crippen molar-refractivity contribution in [3.05, 3.63) is 56.2 Å². The third-order valence-electron chi connectivity index (χ3n) is 5.45. The first kappa shape index (κ1) is 19.4. The van der Waals surface area contributed by atoms with Crippen molar-refractivity contribution in [1.82, 2.24) is 9.38 Å². The van der Waals surface area contributed by atoms with Crippen LogP contribution in [0.4, 0.5) is 11.5 Å². The van der Waals surface area contributed by atoms with E-state index in [0.717, 1.165) is 22.1 Å². The summed E-state index contributed by atoms with van der Waals surface area (Å²) >= 11 is 1.16. The van der Waals surface area contributed by atoms with E-state index in [2.05, 4.69) is 4.98 Å². The Morgan fingerprint density at radius 1 is 1.35 bits per heavy atom. The summed E-state index contributed by atoms with van der Waals surface area (Å²) in [4.78, 5) is 42.8. The molecule has 4 heterocycles. The van der Waals surface area contributed by atoms with Gasteiger partial charge in [-0.05, 0) is 26.0 Å². The molecule has 4 aromatic rings. The summed E-state index contributed by atoms with van der Waals surface area (Å²) in [6.45, 7) is 4.23. The van der Waals surface area contributed by atoms with Gasteiger partial charge in [0.25, 0.3) is 0 Å². The number of hydrogen-bond donors (Lipinski definition) is 1. The molecule has 0 radical (unpaired) electrons. The number of rotatable bonds is 3. The Kier molecular flexibility index (Phi) is 4.04. The minimum atomic E-state index is -1.39. The van der Waals surface area contributed by atoms with Crippen molar-refractivity contribution in [3.8, 4) is 0 Å². The third kappa shape index (κ3) is 2.70. The molecular formula is C20H16N4O6S. The first-order chi connectivity index (χ1) is 14.7. The Balaban J connectivity index is 2.01. The smallest absolute Gasteiger partial charge is 0.342 e. The number of nitro groups is 1. The second-order valence-electron chi connectivity index (χ2n) is 7.90. The maximum absolute atomic E-state index is 13.1. The van der Waals surface area contributed by atoms with E-state index < -0.39 is 27.4 Å². The minimum Gasteiger partial charge on any atom is -0.477 e. The number of pyridine rings is 2. The number of carboxylic acid groups (broad SMARTS) is 1. The Hall–Kier alpha value is -3.57. The van der Waals surface area contributed by atoms with Crippen molar-refractivity contribution < 1.29 is 19.6 Å². The molecule has 0 aliphatic carbocycles. The van der Waals surface area contributed by atoms with E-state index in [4.69, 9.17) is 4.74 Å². The SMILES string of the molecule is CC1(C)COCN1c1nc2c(cc1[N+](=O)[O-])c(=O)c(C(=O)O)c1sc3ccccc3n12. The summed E-state index contributed by atoms with van der Waals surface area (Å²) in [5.41, 5.74) is -1.31. The second kappa shape index (κ2) is 6.46. The number of ether oxygens (including phenoxy) is 1. The lowest BCUT2D eigenvalue weighted by molar-refractivity contribution is -0.384. The first-order valence-electron chi connectivity index (χ1n) is 9.35. The molecule has 1 saturated heterocycles. The van der Waals surface area contributed by atoms with E-state index in [1.165, 1.54) is 0 Å². The summed E-state index contributed by atoms with van der Waals surface area (Å²) in [5.74, 6) is -1.32. The highest BCUT2D eigenvalue weighted by Crippen LogP contribution is 2.37. The number of aromatic carboxylic acids is 1. The van der Waals surface area contributed by atoms with E-state index in [0.29, 0.717) is 12.1 Å². The van der Waals surface area contributed by atoms with Crippen LogP contribution in [0.1, 0.15) is 24.2 Å². The van der Waals surface area contributed by atoms with E-state index in [1.807, 2.05) is 26.0 Å². The monoisotopic (exact) mass is 440 g/mol. The predicted octanol–water partition coefficient (Wildman–Crippen LogP) is 3.24. The highest BCUT2D eigenvalue weighted by atomic mass is 32.1. The minimum absolute atomic E-state index is 0.0755. The topological polar surface area (TPSA) is 127 Å². The van der Waals surface area contributed by atoms with E-state index in [9.17, 15) is 24.8 Å². The second-order valence-corrected chi connectivity index (χ2v) is 8.93. The molecule has 0 saturated carbocycles. The standard InChI is InChI=1S/C20H16N4O6S/c1-20(2)8-30-9-22(20)17-12(24(28)29)7-10-15(25)14(19(26)27)18-23(16(10)21-17)11-5-3-4-6-13(11)31-18/h3-7H,8-9H2,1-2H3,(H,26,27). The first-order valence-corrected chi connectivity index (χ1v) is 10.2. The molecule has 1 aliphatic rings. The lowest BCUT2D eigenvalue weighted by Crippen LogP contribution is -2.41. The quantitative estimate of drug-likeness (QED) is 0.380. The zero-order chi connectivity index (χ0) is 22.1.